The Kier molecular flexibility index (Phi) is 4.77. The summed E-state index contributed by atoms with van der Waals surface area (Å²) < 4.78 is 5.58. The first-order valence-electron chi connectivity index (χ1n) is 6.84. The third-order valence-electron chi connectivity index (χ3n) is 3.20. The minimum absolute atomic E-state index is 0.0170. The molecule has 1 heterocycles. The van der Waals surface area contributed by atoms with Crippen LogP contribution in [0.2, 0.25) is 0 Å². The molecule has 114 valence electrons. The van der Waals surface area contributed by atoms with Gasteiger partial charge in [0.25, 0.3) is 5.91 Å². The molecular formula is C15H19NO4S. The van der Waals surface area contributed by atoms with E-state index in [9.17, 15) is 14.7 Å². The van der Waals surface area contributed by atoms with E-state index in [0.29, 0.717) is 17.1 Å². The van der Waals surface area contributed by atoms with Crippen LogP contribution in [0.4, 0.5) is 0 Å². The van der Waals surface area contributed by atoms with Crippen LogP contribution in [0, 0.1) is 0 Å². The monoisotopic (exact) mass is 309 g/mol. The number of aliphatic carboxylic acids is 1. The maximum atomic E-state index is 12.6. The lowest BCUT2D eigenvalue weighted by Crippen LogP contribution is -2.44. The van der Waals surface area contributed by atoms with E-state index in [1.165, 1.54) is 16.7 Å². The van der Waals surface area contributed by atoms with E-state index in [0.717, 1.165) is 0 Å². The van der Waals surface area contributed by atoms with E-state index in [4.69, 9.17) is 4.74 Å². The maximum Gasteiger partial charge on any atom is 0.327 e. The Labute approximate surface area is 128 Å². The van der Waals surface area contributed by atoms with Crippen LogP contribution in [0.25, 0.3) is 0 Å². The number of rotatable bonds is 4. The summed E-state index contributed by atoms with van der Waals surface area (Å²) in [4.78, 5) is 25.3. The molecule has 1 saturated heterocycles. The molecule has 1 aliphatic rings. The Morgan fingerprint density at radius 2 is 2.14 bits per heavy atom. The van der Waals surface area contributed by atoms with E-state index >= 15 is 0 Å². The van der Waals surface area contributed by atoms with Crippen molar-refractivity contribution in [3.8, 4) is 5.75 Å². The average Bonchev–Trinajstić information content (AvgIpc) is 2.79. The summed E-state index contributed by atoms with van der Waals surface area (Å²) in [6, 6.07) is 6.11. The van der Waals surface area contributed by atoms with Crippen LogP contribution in [0.15, 0.2) is 24.3 Å². The molecule has 1 amide bonds. The van der Waals surface area contributed by atoms with Crippen LogP contribution in [0.5, 0.6) is 5.75 Å². The minimum atomic E-state index is -0.963. The number of carboxylic acid groups (broad SMARTS) is 1. The van der Waals surface area contributed by atoms with Gasteiger partial charge in [-0.15, -0.1) is 11.8 Å². The molecule has 2 unspecified atom stereocenters. The van der Waals surface area contributed by atoms with Crippen molar-refractivity contribution >= 4 is 23.6 Å². The summed E-state index contributed by atoms with van der Waals surface area (Å²) in [7, 11) is 0. The normalized spacial score (nSPS) is 21.6. The number of hydrogen-bond donors (Lipinski definition) is 1. The SMILES string of the molecule is CC(C)Oc1cccc(C(=O)N2C(C)SCC2C(=O)O)c1. The Morgan fingerprint density at radius 3 is 2.76 bits per heavy atom. The van der Waals surface area contributed by atoms with E-state index in [2.05, 4.69) is 0 Å². The third-order valence-corrected chi connectivity index (χ3v) is 4.41. The van der Waals surface area contributed by atoms with Gasteiger partial charge in [-0.2, -0.15) is 0 Å². The van der Waals surface area contributed by atoms with Crippen molar-refractivity contribution in [3.05, 3.63) is 29.8 Å². The Hall–Kier alpha value is -1.69. The van der Waals surface area contributed by atoms with Gasteiger partial charge < -0.3 is 14.7 Å². The molecule has 2 rings (SSSR count). The minimum Gasteiger partial charge on any atom is -0.491 e. The van der Waals surface area contributed by atoms with E-state index in [-0.39, 0.29) is 17.4 Å². The number of carbonyl (C=O) groups excluding carboxylic acids is 1. The summed E-state index contributed by atoms with van der Waals surface area (Å²) >= 11 is 1.47. The van der Waals surface area contributed by atoms with Gasteiger partial charge in [0.05, 0.1) is 11.5 Å². The van der Waals surface area contributed by atoms with Crippen molar-refractivity contribution in [1.29, 1.82) is 0 Å². The molecule has 6 heteroatoms. The van der Waals surface area contributed by atoms with Crippen LogP contribution >= 0.6 is 11.8 Å². The molecule has 0 aromatic heterocycles. The fourth-order valence-corrected chi connectivity index (χ4v) is 3.43. The summed E-state index contributed by atoms with van der Waals surface area (Å²) in [5.74, 6) is -0.198. The van der Waals surface area contributed by atoms with Gasteiger partial charge in [-0.1, -0.05) is 6.07 Å². The summed E-state index contributed by atoms with van der Waals surface area (Å²) in [6.07, 6.45) is 0.0170. The van der Waals surface area contributed by atoms with E-state index in [1.807, 2.05) is 20.8 Å². The molecule has 0 saturated carbocycles. The van der Waals surface area contributed by atoms with Crippen LogP contribution in [-0.4, -0.2) is 45.2 Å². The molecule has 0 aliphatic carbocycles. The van der Waals surface area contributed by atoms with Crippen molar-refractivity contribution in [3.63, 3.8) is 0 Å². The molecular weight excluding hydrogens is 290 g/mol. The standard InChI is InChI=1S/C15H19NO4S/c1-9(2)20-12-6-4-5-11(7-12)14(17)16-10(3)21-8-13(16)15(18)19/h4-7,9-10,13H,8H2,1-3H3,(H,18,19). The van der Waals surface area contributed by atoms with Gasteiger partial charge in [-0.25, -0.2) is 4.79 Å². The van der Waals surface area contributed by atoms with Gasteiger partial charge in [-0.05, 0) is 39.0 Å². The molecule has 0 bridgehead atoms. The van der Waals surface area contributed by atoms with Crippen molar-refractivity contribution in [2.24, 2.45) is 0 Å². The smallest absolute Gasteiger partial charge is 0.327 e. The van der Waals surface area contributed by atoms with Gasteiger partial charge in [0, 0.05) is 11.3 Å². The first-order valence-corrected chi connectivity index (χ1v) is 7.89. The molecule has 0 spiro atoms. The zero-order valence-electron chi connectivity index (χ0n) is 12.3. The van der Waals surface area contributed by atoms with E-state index < -0.39 is 12.0 Å². The molecule has 1 aliphatic heterocycles. The van der Waals surface area contributed by atoms with Gasteiger partial charge >= 0.3 is 5.97 Å². The number of thioether (sulfide) groups is 1. The van der Waals surface area contributed by atoms with Crippen LogP contribution in [-0.2, 0) is 4.79 Å². The molecule has 1 aromatic rings. The molecule has 1 fully saturated rings. The van der Waals surface area contributed by atoms with Crippen LogP contribution < -0.4 is 4.74 Å². The quantitative estimate of drug-likeness (QED) is 0.925. The lowest BCUT2D eigenvalue weighted by Gasteiger charge is -2.25. The Balaban J connectivity index is 2.24. The first-order chi connectivity index (χ1) is 9.90. The lowest BCUT2D eigenvalue weighted by molar-refractivity contribution is -0.141. The molecule has 5 nitrogen and oxygen atoms in total. The predicted molar refractivity (Wildman–Crippen MR) is 81.7 cm³/mol. The van der Waals surface area contributed by atoms with Gasteiger partial charge in [0.15, 0.2) is 0 Å². The lowest BCUT2D eigenvalue weighted by atomic mass is 10.1. The summed E-state index contributed by atoms with van der Waals surface area (Å²) in [5.41, 5.74) is 0.453. The molecule has 1 N–H and O–H groups in total. The molecule has 21 heavy (non-hydrogen) atoms. The highest BCUT2D eigenvalue weighted by atomic mass is 32.2. The number of nitrogens with zero attached hydrogens (tertiary/aromatic N) is 1. The zero-order valence-corrected chi connectivity index (χ0v) is 13.1. The highest BCUT2D eigenvalue weighted by Gasteiger charge is 2.39. The highest BCUT2D eigenvalue weighted by Crippen LogP contribution is 2.31. The zero-order chi connectivity index (χ0) is 15.6. The number of ether oxygens (including phenoxy) is 1. The predicted octanol–water partition coefficient (Wildman–Crippen LogP) is 2.46. The van der Waals surface area contributed by atoms with Crippen LogP contribution in [0.1, 0.15) is 31.1 Å². The third kappa shape index (κ3) is 3.50. The van der Waals surface area contributed by atoms with Crippen molar-refractivity contribution in [2.45, 2.75) is 38.3 Å². The number of benzene rings is 1. The summed E-state index contributed by atoms with van der Waals surface area (Å²) in [6.45, 7) is 5.67. The molecule has 2 atom stereocenters. The van der Waals surface area contributed by atoms with E-state index in [1.54, 1.807) is 24.3 Å². The molecule has 0 radical (unpaired) electrons. The molecule has 1 aromatic carbocycles. The second-order valence-electron chi connectivity index (χ2n) is 5.19. The van der Waals surface area contributed by atoms with Gasteiger partial charge in [0.2, 0.25) is 0 Å². The maximum absolute atomic E-state index is 12.6. The van der Waals surface area contributed by atoms with Crippen molar-refractivity contribution in [1.82, 2.24) is 4.90 Å². The topological polar surface area (TPSA) is 66.8 Å². The number of carbonyl (C=O) groups is 2. The number of carboxylic acids is 1. The fraction of sp³-hybridized carbons (Fsp3) is 0.467. The van der Waals surface area contributed by atoms with Crippen molar-refractivity contribution < 1.29 is 19.4 Å². The largest absolute Gasteiger partial charge is 0.491 e. The van der Waals surface area contributed by atoms with Crippen LogP contribution in [0.3, 0.4) is 0 Å². The van der Waals surface area contributed by atoms with Gasteiger partial charge in [-0.3, -0.25) is 4.79 Å². The second kappa shape index (κ2) is 6.39. The number of hydrogen-bond acceptors (Lipinski definition) is 4. The Morgan fingerprint density at radius 1 is 1.43 bits per heavy atom. The number of amides is 1. The average molecular weight is 309 g/mol. The van der Waals surface area contributed by atoms with Gasteiger partial charge in [0.1, 0.15) is 11.8 Å². The fourth-order valence-electron chi connectivity index (χ4n) is 2.27. The second-order valence-corrected chi connectivity index (χ2v) is 6.54. The summed E-state index contributed by atoms with van der Waals surface area (Å²) in [5, 5.41) is 9.09. The highest BCUT2D eigenvalue weighted by molar-refractivity contribution is 8.00. The van der Waals surface area contributed by atoms with Crippen molar-refractivity contribution in [2.75, 3.05) is 5.75 Å². The Bertz CT molecular complexity index is 546. The first kappa shape index (κ1) is 15.7.